The number of hydrogen-bond donors (Lipinski definition) is 2. The van der Waals surface area contributed by atoms with Crippen molar-refractivity contribution >= 4 is 29.5 Å². The second-order valence-corrected chi connectivity index (χ2v) is 7.68. The molecular weight excluding hydrogens is 475 g/mol. The van der Waals surface area contributed by atoms with Crippen LogP contribution in [-0.2, 0) is 11.4 Å². The molecule has 0 fully saturated rings. The molecule has 0 radical (unpaired) electrons. The Labute approximate surface area is 204 Å². The Morgan fingerprint density at radius 1 is 1.09 bits per heavy atom. The van der Waals surface area contributed by atoms with E-state index in [9.17, 15) is 14.0 Å². The van der Waals surface area contributed by atoms with Gasteiger partial charge in [0.25, 0.3) is 5.91 Å². The summed E-state index contributed by atoms with van der Waals surface area (Å²) < 4.78 is 25.6. The standard InChI is InChI=1S/C25H20ClFN4O4/c1-16-21(24(26)31(30-16)18-9-7-17(27)8-10-18)12-14-23(32)28-29-25(33)22-13-11-20(35-22)15-34-19-5-3-2-4-6-19/h2-14H,15H2,1H3,(H,28,32)(H,29,33)/b14-12+. The number of halogens is 2. The molecule has 2 aromatic heterocycles. The van der Waals surface area contributed by atoms with E-state index in [1.807, 2.05) is 30.3 Å². The summed E-state index contributed by atoms with van der Waals surface area (Å²) in [6, 6.07) is 18.0. The van der Waals surface area contributed by atoms with Gasteiger partial charge in [0.15, 0.2) is 5.76 Å². The molecule has 0 bridgehead atoms. The molecule has 10 heteroatoms. The van der Waals surface area contributed by atoms with Gasteiger partial charge in [-0.15, -0.1) is 0 Å². The number of nitrogens with one attached hydrogen (secondary N) is 2. The molecule has 2 amide bonds. The van der Waals surface area contributed by atoms with Crippen molar-refractivity contribution in [2.75, 3.05) is 0 Å². The van der Waals surface area contributed by atoms with E-state index in [0.29, 0.717) is 28.5 Å². The summed E-state index contributed by atoms with van der Waals surface area (Å²) in [5, 5.41) is 4.58. The fourth-order valence-electron chi connectivity index (χ4n) is 3.08. The number of furan rings is 1. The first-order valence-electron chi connectivity index (χ1n) is 10.5. The van der Waals surface area contributed by atoms with Crippen LogP contribution in [0.4, 0.5) is 4.39 Å². The van der Waals surface area contributed by atoms with Gasteiger partial charge in [-0.2, -0.15) is 5.10 Å². The number of aryl methyl sites for hydroxylation is 1. The average molecular weight is 495 g/mol. The molecule has 0 aliphatic rings. The zero-order chi connectivity index (χ0) is 24.8. The Balaban J connectivity index is 1.31. The molecule has 4 aromatic rings. The Kier molecular flexibility index (Phi) is 7.27. The van der Waals surface area contributed by atoms with E-state index in [2.05, 4.69) is 16.0 Å². The number of carbonyl (C=O) groups is 2. The topological polar surface area (TPSA) is 98.4 Å². The number of hydrogen-bond acceptors (Lipinski definition) is 5. The summed E-state index contributed by atoms with van der Waals surface area (Å²) >= 11 is 6.39. The fraction of sp³-hybridized carbons (Fsp3) is 0.0800. The van der Waals surface area contributed by atoms with Crippen LogP contribution < -0.4 is 15.6 Å². The minimum atomic E-state index is -0.629. The first kappa shape index (κ1) is 23.8. The zero-order valence-electron chi connectivity index (χ0n) is 18.5. The number of rotatable bonds is 7. The Morgan fingerprint density at radius 3 is 2.57 bits per heavy atom. The summed E-state index contributed by atoms with van der Waals surface area (Å²) in [5.74, 6) is -0.459. The second kappa shape index (κ2) is 10.7. The minimum Gasteiger partial charge on any atom is -0.486 e. The summed E-state index contributed by atoms with van der Waals surface area (Å²) in [5.41, 5.74) is 6.19. The van der Waals surface area contributed by atoms with Gasteiger partial charge in [0, 0.05) is 11.6 Å². The van der Waals surface area contributed by atoms with Crippen LogP contribution in [0.25, 0.3) is 11.8 Å². The SMILES string of the molecule is Cc1nn(-c2ccc(F)cc2)c(Cl)c1/C=C/C(=O)NNC(=O)c1ccc(COc2ccccc2)o1. The largest absolute Gasteiger partial charge is 0.486 e. The van der Waals surface area contributed by atoms with Crippen molar-refractivity contribution in [1.29, 1.82) is 0 Å². The molecule has 2 aromatic carbocycles. The van der Waals surface area contributed by atoms with Gasteiger partial charge in [-0.25, -0.2) is 9.07 Å². The van der Waals surface area contributed by atoms with Crippen molar-refractivity contribution in [3.63, 3.8) is 0 Å². The van der Waals surface area contributed by atoms with Gasteiger partial charge in [-0.1, -0.05) is 29.8 Å². The average Bonchev–Trinajstić information content (AvgIpc) is 3.45. The van der Waals surface area contributed by atoms with Gasteiger partial charge < -0.3 is 9.15 Å². The maximum Gasteiger partial charge on any atom is 0.305 e. The normalized spacial score (nSPS) is 10.9. The monoisotopic (exact) mass is 494 g/mol. The number of aromatic nitrogens is 2. The van der Waals surface area contributed by atoms with Crippen LogP contribution in [0.2, 0.25) is 5.15 Å². The fourth-order valence-corrected chi connectivity index (χ4v) is 3.42. The van der Waals surface area contributed by atoms with Crippen LogP contribution in [0.15, 0.2) is 77.2 Å². The number of carbonyl (C=O) groups excluding carboxylic acids is 2. The third-order valence-electron chi connectivity index (χ3n) is 4.83. The van der Waals surface area contributed by atoms with Gasteiger partial charge >= 0.3 is 5.91 Å². The van der Waals surface area contributed by atoms with Crippen molar-refractivity contribution in [3.05, 3.63) is 107 Å². The minimum absolute atomic E-state index is 0.0143. The molecule has 8 nitrogen and oxygen atoms in total. The molecule has 2 N–H and O–H groups in total. The van der Waals surface area contributed by atoms with Gasteiger partial charge in [0.05, 0.1) is 11.4 Å². The van der Waals surface area contributed by atoms with Crippen LogP contribution in [0.3, 0.4) is 0 Å². The highest BCUT2D eigenvalue weighted by atomic mass is 35.5. The molecule has 0 aliphatic heterocycles. The van der Waals surface area contributed by atoms with E-state index >= 15 is 0 Å². The Bertz CT molecular complexity index is 1360. The maximum atomic E-state index is 13.2. The van der Waals surface area contributed by atoms with Crippen LogP contribution in [0.1, 0.15) is 27.6 Å². The zero-order valence-corrected chi connectivity index (χ0v) is 19.3. The number of benzene rings is 2. The number of ether oxygens (including phenoxy) is 1. The lowest BCUT2D eigenvalue weighted by Gasteiger charge is -2.04. The molecule has 2 heterocycles. The highest BCUT2D eigenvalue weighted by molar-refractivity contribution is 6.31. The molecule has 0 saturated carbocycles. The molecule has 0 atom stereocenters. The smallest absolute Gasteiger partial charge is 0.305 e. The van der Waals surface area contributed by atoms with Gasteiger partial charge in [-0.3, -0.25) is 20.4 Å². The second-order valence-electron chi connectivity index (χ2n) is 7.32. The highest BCUT2D eigenvalue weighted by Crippen LogP contribution is 2.24. The molecule has 0 unspecified atom stereocenters. The molecule has 178 valence electrons. The van der Waals surface area contributed by atoms with Crippen molar-refractivity contribution < 1.29 is 23.1 Å². The molecule has 0 aliphatic carbocycles. The lowest BCUT2D eigenvalue weighted by atomic mass is 10.2. The third-order valence-corrected chi connectivity index (χ3v) is 5.19. The van der Waals surface area contributed by atoms with Crippen LogP contribution >= 0.6 is 11.6 Å². The Morgan fingerprint density at radius 2 is 1.83 bits per heavy atom. The van der Waals surface area contributed by atoms with Crippen molar-refractivity contribution in [1.82, 2.24) is 20.6 Å². The first-order chi connectivity index (χ1) is 16.9. The number of nitrogens with zero attached hydrogens (tertiary/aromatic N) is 2. The quantitative estimate of drug-likeness (QED) is 0.288. The van der Waals surface area contributed by atoms with E-state index in [0.717, 1.165) is 0 Å². The molecule has 0 saturated heterocycles. The van der Waals surface area contributed by atoms with Crippen molar-refractivity contribution in [2.45, 2.75) is 13.5 Å². The first-order valence-corrected chi connectivity index (χ1v) is 10.8. The third kappa shape index (κ3) is 5.96. The van der Waals surface area contributed by atoms with E-state index in [4.69, 9.17) is 20.8 Å². The van der Waals surface area contributed by atoms with Crippen LogP contribution in [0, 0.1) is 12.7 Å². The van der Waals surface area contributed by atoms with Gasteiger partial charge in [0.1, 0.15) is 29.1 Å². The summed E-state index contributed by atoms with van der Waals surface area (Å²) in [4.78, 5) is 24.4. The summed E-state index contributed by atoms with van der Waals surface area (Å²) in [6.07, 6.45) is 2.67. The van der Waals surface area contributed by atoms with E-state index in [1.165, 1.54) is 47.2 Å². The lowest BCUT2D eigenvalue weighted by Crippen LogP contribution is -2.40. The van der Waals surface area contributed by atoms with Crippen LogP contribution in [-0.4, -0.2) is 21.6 Å². The van der Waals surface area contributed by atoms with Crippen molar-refractivity contribution in [3.8, 4) is 11.4 Å². The number of hydrazine groups is 1. The molecule has 0 spiro atoms. The molecule has 4 rings (SSSR count). The predicted octanol–water partition coefficient (Wildman–Crippen LogP) is 4.62. The highest BCUT2D eigenvalue weighted by Gasteiger charge is 2.14. The van der Waals surface area contributed by atoms with E-state index in [-0.39, 0.29) is 23.3 Å². The molecule has 35 heavy (non-hydrogen) atoms. The predicted molar refractivity (Wildman–Crippen MR) is 127 cm³/mol. The van der Waals surface area contributed by atoms with Gasteiger partial charge in [0.2, 0.25) is 0 Å². The lowest BCUT2D eigenvalue weighted by molar-refractivity contribution is -0.117. The maximum absolute atomic E-state index is 13.2. The summed E-state index contributed by atoms with van der Waals surface area (Å²) in [7, 11) is 0. The number of amides is 2. The van der Waals surface area contributed by atoms with E-state index < -0.39 is 11.8 Å². The van der Waals surface area contributed by atoms with Crippen LogP contribution in [0.5, 0.6) is 5.75 Å². The summed E-state index contributed by atoms with van der Waals surface area (Å²) in [6.45, 7) is 1.87. The van der Waals surface area contributed by atoms with Crippen molar-refractivity contribution in [2.24, 2.45) is 0 Å². The molecular formula is C25H20ClFN4O4. The van der Waals surface area contributed by atoms with Gasteiger partial charge in [-0.05, 0) is 61.5 Å². The van der Waals surface area contributed by atoms with E-state index in [1.54, 1.807) is 13.0 Å². The number of para-hydroxylation sites is 1. The Hall–Kier alpha value is -4.37.